The van der Waals surface area contributed by atoms with Crippen LogP contribution < -0.4 is 0 Å². The van der Waals surface area contributed by atoms with Crippen molar-refractivity contribution in [3.05, 3.63) is 12.2 Å². The molecule has 1 aliphatic rings. The van der Waals surface area contributed by atoms with Crippen LogP contribution in [-0.2, 0) is 4.74 Å². The fraction of sp³-hybridized carbons (Fsp3) is 0.900. The van der Waals surface area contributed by atoms with Crippen LogP contribution in [0.1, 0.15) is 103 Å². The number of ether oxygens (including phenoxy) is 1. The summed E-state index contributed by atoms with van der Waals surface area (Å²) in [6, 6.07) is 0. The summed E-state index contributed by atoms with van der Waals surface area (Å²) in [5, 5.41) is 0. The van der Waals surface area contributed by atoms with Crippen LogP contribution in [0.25, 0.3) is 0 Å². The van der Waals surface area contributed by atoms with Gasteiger partial charge in [0.2, 0.25) is 0 Å². The average Bonchev–Trinajstić information content (AvgIpc) is 3.31. The number of hydrogen-bond acceptors (Lipinski definition) is 1. The van der Waals surface area contributed by atoms with Crippen molar-refractivity contribution in [2.45, 2.75) is 109 Å². The zero-order valence-electron chi connectivity index (χ0n) is 14.5. The number of unbranched alkanes of at least 4 members (excludes halogenated alkanes) is 14. The Morgan fingerprint density at radius 3 is 1.57 bits per heavy atom. The van der Waals surface area contributed by atoms with Crippen molar-refractivity contribution < 1.29 is 4.74 Å². The summed E-state index contributed by atoms with van der Waals surface area (Å²) < 4.78 is 5.15. The Kier molecular flexibility index (Phi) is 13.1. The Morgan fingerprint density at radius 2 is 1.14 bits per heavy atom. The molecular weight excluding hydrogens is 256 g/mol. The Hall–Kier alpha value is -0.300. The quantitative estimate of drug-likeness (QED) is 0.173. The molecule has 0 bridgehead atoms. The number of allylic oxidation sites excluding steroid dienone is 1. The van der Waals surface area contributed by atoms with Crippen molar-refractivity contribution in [1.29, 1.82) is 0 Å². The number of hydrogen-bond donors (Lipinski definition) is 0. The topological polar surface area (TPSA) is 12.5 Å². The Balaban J connectivity index is 1.63. The van der Waals surface area contributed by atoms with Crippen LogP contribution in [0.5, 0.6) is 0 Å². The monoisotopic (exact) mass is 294 g/mol. The lowest BCUT2D eigenvalue weighted by Gasteiger charge is -2.02. The molecule has 1 saturated heterocycles. The smallest absolute Gasteiger partial charge is 0.0991 e. The molecule has 0 N–H and O–H groups in total. The lowest BCUT2D eigenvalue weighted by molar-refractivity contribution is 0.439. The van der Waals surface area contributed by atoms with Gasteiger partial charge >= 0.3 is 0 Å². The van der Waals surface area contributed by atoms with Crippen molar-refractivity contribution in [1.82, 2.24) is 0 Å². The predicted molar refractivity (Wildman–Crippen MR) is 93.8 cm³/mol. The minimum absolute atomic E-state index is 0.469. The molecule has 1 heterocycles. The SMILES string of the molecule is CCCCCCCCCCCCCCCCC=CC1CO1. The van der Waals surface area contributed by atoms with Crippen LogP contribution >= 0.6 is 0 Å². The molecule has 1 aliphatic heterocycles. The van der Waals surface area contributed by atoms with Gasteiger partial charge in [0.1, 0.15) is 0 Å². The molecule has 1 fully saturated rings. The van der Waals surface area contributed by atoms with E-state index in [4.69, 9.17) is 4.74 Å². The second-order valence-electron chi connectivity index (χ2n) is 6.68. The third-order valence-corrected chi connectivity index (χ3v) is 4.43. The van der Waals surface area contributed by atoms with E-state index < -0.39 is 0 Å². The van der Waals surface area contributed by atoms with Gasteiger partial charge in [0.05, 0.1) is 12.7 Å². The normalized spacial score (nSPS) is 17.7. The van der Waals surface area contributed by atoms with Crippen molar-refractivity contribution >= 4 is 0 Å². The minimum atomic E-state index is 0.469. The molecule has 1 heteroatoms. The molecule has 0 aromatic carbocycles. The van der Waals surface area contributed by atoms with Crippen molar-refractivity contribution in [2.24, 2.45) is 0 Å². The Bertz CT molecular complexity index is 230. The van der Waals surface area contributed by atoms with Gasteiger partial charge in [-0.25, -0.2) is 0 Å². The highest BCUT2D eigenvalue weighted by Gasteiger charge is 2.17. The van der Waals surface area contributed by atoms with Crippen LogP contribution in [-0.4, -0.2) is 12.7 Å². The van der Waals surface area contributed by atoms with E-state index in [1.54, 1.807) is 0 Å². The molecule has 1 nitrogen and oxygen atoms in total. The maximum atomic E-state index is 5.15. The molecule has 0 spiro atoms. The first-order valence-corrected chi connectivity index (χ1v) is 9.71. The molecule has 1 unspecified atom stereocenters. The molecule has 0 saturated carbocycles. The highest BCUT2D eigenvalue weighted by molar-refractivity contribution is 4.95. The standard InChI is InChI=1S/C20H38O/c1-2-3-4-5-6-7-8-9-10-11-12-13-14-15-16-17-18-20-19-21-20/h17-18,20H,2-16,19H2,1H3. The summed E-state index contributed by atoms with van der Waals surface area (Å²) in [6.45, 7) is 3.25. The van der Waals surface area contributed by atoms with E-state index in [1.165, 1.54) is 96.3 Å². The molecule has 0 aliphatic carbocycles. The van der Waals surface area contributed by atoms with Crippen molar-refractivity contribution in [3.63, 3.8) is 0 Å². The maximum Gasteiger partial charge on any atom is 0.0991 e. The van der Waals surface area contributed by atoms with Gasteiger partial charge in [-0.1, -0.05) is 103 Å². The Labute approximate surface area is 133 Å². The van der Waals surface area contributed by atoms with E-state index in [2.05, 4.69) is 19.1 Å². The molecule has 1 rings (SSSR count). The summed E-state index contributed by atoms with van der Waals surface area (Å²) in [7, 11) is 0. The zero-order chi connectivity index (χ0) is 15.0. The van der Waals surface area contributed by atoms with E-state index in [0.29, 0.717) is 6.10 Å². The van der Waals surface area contributed by atoms with Gasteiger partial charge in [0.25, 0.3) is 0 Å². The van der Waals surface area contributed by atoms with E-state index in [0.717, 1.165) is 6.61 Å². The first-order valence-electron chi connectivity index (χ1n) is 9.71. The van der Waals surface area contributed by atoms with Crippen LogP contribution in [0.4, 0.5) is 0 Å². The van der Waals surface area contributed by atoms with Crippen LogP contribution in [0.15, 0.2) is 12.2 Å². The predicted octanol–water partition coefficient (Wildman–Crippen LogP) is 6.81. The largest absolute Gasteiger partial charge is 0.369 e. The second kappa shape index (κ2) is 14.6. The van der Waals surface area contributed by atoms with E-state index >= 15 is 0 Å². The molecule has 0 aromatic rings. The van der Waals surface area contributed by atoms with Gasteiger partial charge in [-0.15, -0.1) is 0 Å². The van der Waals surface area contributed by atoms with Gasteiger partial charge < -0.3 is 4.74 Å². The van der Waals surface area contributed by atoms with Crippen LogP contribution in [0, 0.1) is 0 Å². The Morgan fingerprint density at radius 1 is 0.714 bits per heavy atom. The van der Waals surface area contributed by atoms with E-state index in [9.17, 15) is 0 Å². The summed E-state index contributed by atoms with van der Waals surface area (Å²) in [6.07, 6.45) is 26.4. The molecule has 0 aromatic heterocycles. The summed E-state index contributed by atoms with van der Waals surface area (Å²) in [4.78, 5) is 0. The molecule has 0 radical (unpaired) electrons. The van der Waals surface area contributed by atoms with Gasteiger partial charge in [-0.3, -0.25) is 0 Å². The lowest BCUT2D eigenvalue weighted by atomic mass is 10.0. The first-order chi connectivity index (χ1) is 10.4. The lowest BCUT2D eigenvalue weighted by Crippen LogP contribution is -1.83. The third kappa shape index (κ3) is 14.4. The second-order valence-corrected chi connectivity index (χ2v) is 6.68. The molecule has 21 heavy (non-hydrogen) atoms. The van der Waals surface area contributed by atoms with Crippen molar-refractivity contribution in [2.75, 3.05) is 6.61 Å². The summed E-state index contributed by atoms with van der Waals surface area (Å²) in [5.41, 5.74) is 0. The fourth-order valence-corrected chi connectivity index (χ4v) is 2.87. The molecular formula is C20H38O. The number of epoxide rings is 1. The fourth-order valence-electron chi connectivity index (χ4n) is 2.87. The summed E-state index contributed by atoms with van der Waals surface area (Å²) >= 11 is 0. The molecule has 0 amide bonds. The van der Waals surface area contributed by atoms with E-state index in [1.807, 2.05) is 0 Å². The molecule has 1 atom stereocenters. The highest BCUT2D eigenvalue weighted by atomic mass is 16.6. The minimum Gasteiger partial charge on any atom is -0.369 e. The van der Waals surface area contributed by atoms with Crippen LogP contribution in [0.3, 0.4) is 0 Å². The van der Waals surface area contributed by atoms with Crippen molar-refractivity contribution in [3.8, 4) is 0 Å². The van der Waals surface area contributed by atoms with Gasteiger partial charge in [0, 0.05) is 0 Å². The van der Waals surface area contributed by atoms with Gasteiger partial charge in [-0.05, 0) is 12.8 Å². The summed E-state index contributed by atoms with van der Waals surface area (Å²) in [5.74, 6) is 0. The van der Waals surface area contributed by atoms with E-state index in [-0.39, 0.29) is 0 Å². The third-order valence-electron chi connectivity index (χ3n) is 4.43. The molecule has 124 valence electrons. The first kappa shape index (κ1) is 18.7. The number of rotatable bonds is 16. The maximum absolute atomic E-state index is 5.15. The zero-order valence-corrected chi connectivity index (χ0v) is 14.5. The van der Waals surface area contributed by atoms with Crippen LogP contribution in [0.2, 0.25) is 0 Å². The van der Waals surface area contributed by atoms with Gasteiger partial charge in [-0.2, -0.15) is 0 Å². The average molecular weight is 295 g/mol. The van der Waals surface area contributed by atoms with Gasteiger partial charge in [0.15, 0.2) is 0 Å². The highest BCUT2D eigenvalue weighted by Crippen LogP contribution is 2.14.